The van der Waals surface area contributed by atoms with E-state index in [2.05, 4.69) is 10.6 Å². The van der Waals surface area contributed by atoms with E-state index in [1.54, 1.807) is 18.2 Å². The van der Waals surface area contributed by atoms with Crippen molar-refractivity contribution >= 4 is 40.5 Å². The van der Waals surface area contributed by atoms with Gasteiger partial charge in [0, 0.05) is 10.6 Å². The number of aromatic hydroxyl groups is 1. The van der Waals surface area contributed by atoms with Crippen LogP contribution < -0.4 is 10.6 Å². The second-order valence-electron chi connectivity index (χ2n) is 4.62. The molecule has 0 unspecified atom stereocenters. The summed E-state index contributed by atoms with van der Waals surface area (Å²) in [5.74, 6) is -0.324. The van der Waals surface area contributed by atoms with Crippen LogP contribution in [0.1, 0.15) is 22.8 Å². The summed E-state index contributed by atoms with van der Waals surface area (Å²) in [6.45, 7) is 2.05. The van der Waals surface area contributed by atoms with Crippen molar-refractivity contribution in [3.8, 4) is 5.75 Å². The summed E-state index contributed by atoms with van der Waals surface area (Å²) < 4.78 is 0. The Bertz CT molecular complexity index is 702. The summed E-state index contributed by atoms with van der Waals surface area (Å²) in [7, 11) is 0. The maximum Gasteiger partial charge on any atom is 0.257 e. The number of thiocarbonyl (C=S) groups is 1. The first-order valence-electron chi connectivity index (χ1n) is 6.69. The molecule has 0 radical (unpaired) electrons. The van der Waals surface area contributed by atoms with Crippen LogP contribution in [0.15, 0.2) is 42.5 Å². The normalized spacial score (nSPS) is 10.1. The molecule has 0 saturated heterocycles. The lowest BCUT2D eigenvalue weighted by Crippen LogP contribution is -2.34. The maximum absolute atomic E-state index is 12.1. The molecule has 0 heterocycles. The maximum atomic E-state index is 12.1. The fourth-order valence-electron chi connectivity index (χ4n) is 1.83. The van der Waals surface area contributed by atoms with E-state index in [1.807, 2.05) is 19.1 Å². The molecule has 2 aromatic carbocycles. The predicted octanol–water partition coefficient (Wildman–Crippen LogP) is 3.73. The number of hydrogen-bond donors (Lipinski definition) is 3. The monoisotopic (exact) mass is 334 g/mol. The molecule has 114 valence electrons. The number of nitrogens with one attached hydrogen (secondary N) is 2. The predicted molar refractivity (Wildman–Crippen MR) is 92.6 cm³/mol. The van der Waals surface area contributed by atoms with Crippen molar-refractivity contribution in [1.29, 1.82) is 0 Å². The third-order valence-corrected chi connectivity index (χ3v) is 3.50. The lowest BCUT2D eigenvalue weighted by atomic mass is 10.1. The van der Waals surface area contributed by atoms with Crippen molar-refractivity contribution in [2.24, 2.45) is 0 Å². The largest absolute Gasteiger partial charge is 0.506 e. The van der Waals surface area contributed by atoms with Gasteiger partial charge >= 0.3 is 0 Å². The van der Waals surface area contributed by atoms with Crippen LogP contribution in [0.5, 0.6) is 5.75 Å². The summed E-state index contributed by atoms with van der Waals surface area (Å²) in [6.07, 6.45) is 0.913. The molecule has 0 aliphatic rings. The number of anilines is 1. The van der Waals surface area contributed by atoms with Gasteiger partial charge in [-0.25, -0.2) is 0 Å². The van der Waals surface area contributed by atoms with Gasteiger partial charge < -0.3 is 10.4 Å². The number of aryl methyl sites for hydroxylation is 1. The van der Waals surface area contributed by atoms with E-state index in [9.17, 15) is 9.90 Å². The molecule has 0 aromatic heterocycles. The first-order valence-corrected chi connectivity index (χ1v) is 7.48. The topological polar surface area (TPSA) is 61.4 Å². The van der Waals surface area contributed by atoms with Crippen LogP contribution in [0.25, 0.3) is 0 Å². The second kappa shape index (κ2) is 7.24. The molecule has 0 bridgehead atoms. The molecule has 22 heavy (non-hydrogen) atoms. The third-order valence-electron chi connectivity index (χ3n) is 3.06. The van der Waals surface area contributed by atoms with Gasteiger partial charge in [-0.1, -0.05) is 30.7 Å². The van der Waals surface area contributed by atoms with E-state index in [-0.39, 0.29) is 16.8 Å². The zero-order valence-electron chi connectivity index (χ0n) is 11.9. The van der Waals surface area contributed by atoms with Crippen LogP contribution >= 0.6 is 23.8 Å². The number of benzene rings is 2. The summed E-state index contributed by atoms with van der Waals surface area (Å²) in [5.41, 5.74) is 2.00. The van der Waals surface area contributed by atoms with Crippen molar-refractivity contribution in [2.75, 3.05) is 5.32 Å². The van der Waals surface area contributed by atoms with Gasteiger partial charge in [-0.15, -0.1) is 0 Å². The summed E-state index contributed by atoms with van der Waals surface area (Å²) >= 11 is 10.9. The van der Waals surface area contributed by atoms with Crippen LogP contribution in [0.3, 0.4) is 0 Å². The van der Waals surface area contributed by atoms with Crippen molar-refractivity contribution in [3.05, 3.63) is 58.6 Å². The molecule has 2 aromatic rings. The van der Waals surface area contributed by atoms with Gasteiger partial charge in [0.25, 0.3) is 5.91 Å². The van der Waals surface area contributed by atoms with Crippen molar-refractivity contribution < 1.29 is 9.90 Å². The molecular formula is C16H15ClN2O2S. The number of hydrogen-bond acceptors (Lipinski definition) is 3. The Morgan fingerprint density at radius 3 is 2.55 bits per heavy atom. The highest BCUT2D eigenvalue weighted by Gasteiger charge is 2.09. The summed E-state index contributed by atoms with van der Waals surface area (Å²) in [4.78, 5) is 12.1. The highest BCUT2D eigenvalue weighted by atomic mass is 35.5. The molecule has 0 fully saturated rings. The number of carbonyl (C=O) groups excluding carboxylic acids is 1. The minimum absolute atomic E-state index is 0.00621. The average molecular weight is 335 g/mol. The van der Waals surface area contributed by atoms with Crippen LogP contribution in [0, 0.1) is 0 Å². The van der Waals surface area contributed by atoms with Gasteiger partial charge in [0.05, 0.1) is 5.69 Å². The van der Waals surface area contributed by atoms with E-state index < -0.39 is 0 Å². The standard InChI is InChI=1S/C16H15ClN2O2S/c1-2-10-3-5-11(6-4-10)15(21)19-16(22)18-13-9-12(17)7-8-14(13)20/h3-9,20H,2H2,1H3,(H2,18,19,21,22). The molecule has 0 aliphatic heterocycles. The molecule has 0 aliphatic carbocycles. The first-order chi connectivity index (χ1) is 10.5. The molecule has 0 saturated carbocycles. The number of carbonyl (C=O) groups is 1. The Balaban J connectivity index is 2.01. The van der Waals surface area contributed by atoms with Gasteiger partial charge in [0.1, 0.15) is 5.75 Å². The second-order valence-corrected chi connectivity index (χ2v) is 5.46. The molecule has 2 rings (SSSR count). The molecule has 3 N–H and O–H groups in total. The van der Waals surface area contributed by atoms with Crippen LogP contribution in [0.2, 0.25) is 5.02 Å². The molecule has 6 heteroatoms. The Kier molecular flexibility index (Phi) is 5.35. The summed E-state index contributed by atoms with van der Waals surface area (Å²) in [6, 6.07) is 11.8. The third kappa shape index (κ3) is 4.19. The van der Waals surface area contributed by atoms with Crippen LogP contribution in [0.4, 0.5) is 5.69 Å². The smallest absolute Gasteiger partial charge is 0.257 e. The summed E-state index contributed by atoms with van der Waals surface area (Å²) in [5, 5.41) is 15.5. The lowest BCUT2D eigenvalue weighted by molar-refractivity contribution is 0.0977. The van der Waals surface area contributed by atoms with E-state index in [4.69, 9.17) is 23.8 Å². The fraction of sp³-hybridized carbons (Fsp3) is 0.125. The SMILES string of the molecule is CCc1ccc(C(=O)NC(=S)Nc2cc(Cl)ccc2O)cc1. The van der Waals surface area contributed by atoms with E-state index in [0.29, 0.717) is 16.3 Å². The van der Waals surface area contributed by atoms with E-state index >= 15 is 0 Å². The molecular weight excluding hydrogens is 320 g/mol. The Hall–Kier alpha value is -2.11. The number of amides is 1. The zero-order chi connectivity index (χ0) is 16.1. The van der Waals surface area contributed by atoms with Gasteiger partial charge in [-0.05, 0) is 54.5 Å². The van der Waals surface area contributed by atoms with Crippen LogP contribution in [-0.2, 0) is 6.42 Å². The number of halogens is 1. The molecule has 1 amide bonds. The van der Waals surface area contributed by atoms with Crippen molar-refractivity contribution in [1.82, 2.24) is 5.32 Å². The number of rotatable bonds is 3. The fourth-order valence-corrected chi connectivity index (χ4v) is 2.20. The van der Waals surface area contributed by atoms with Gasteiger partial charge in [-0.3, -0.25) is 10.1 Å². The van der Waals surface area contributed by atoms with Crippen molar-refractivity contribution in [2.45, 2.75) is 13.3 Å². The molecule has 0 atom stereocenters. The highest BCUT2D eigenvalue weighted by molar-refractivity contribution is 7.80. The minimum atomic E-state index is -0.318. The average Bonchev–Trinajstić information content (AvgIpc) is 2.51. The number of phenolic OH excluding ortho intramolecular Hbond substituents is 1. The Morgan fingerprint density at radius 2 is 1.91 bits per heavy atom. The van der Waals surface area contributed by atoms with Crippen molar-refractivity contribution in [3.63, 3.8) is 0 Å². The zero-order valence-corrected chi connectivity index (χ0v) is 13.5. The Labute approximate surface area is 139 Å². The first kappa shape index (κ1) is 16.3. The van der Waals surface area contributed by atoms with E-state index in [0.717, 1.165) is 12.0 Å². The minimum Gasteiger partial charge on any atom is -0.506 e. The highest BCUT2D eigenvalue weighted by Crippen LogP contribution is 2.26. The van der Waals surface area contributed by atoms with Gasteiger partial charge in [0.2, 0.25) is 0 Å². The number of phenols is 1. The van der Waals surface area contributed by atoms with Crippen LogP contribution in [-0.4, -0.2) is 16.1 Å². The van der Waals surface area contributed by atoms with Gasteiger partial charge in [-0.2, -0.15) is 0 Å². The van der Waals surface area contributed by atoms with Gasteiger partial charge in [0.15, 0.2) is 5.11 Å². The van der Waals surface area contributed by atoms with E-state index in [1.165, 1.54) is 12.1 Å². The molecule has 4 nitrogen and oxygen atoms in total. The Morgan fingerprint density at radius 1 is 1.23 bits per heavy atom. The lowest BCUT2D eigenvalue weighted by Gasteiger charge is -2.11. The molecule has 0 spiro atoms. The quantitative estimate of drug-likeness (QED) is 0.591.